The van der Waals surface area contributed by atoms with E-state index in [2.05, 4.69) is 9.97 Å². The Kier molecular flexibility index (Phi) is 3.97. The van der Waals surface area contributed by atoms with Crippen molar-refractivity contribution in [2.75, 3.05) is 19.7 Å². The number of carbonyl (C=O) groups excluding carboxylic acids is 1. The van der Waals surface area contributed by atoms with E-state index in [9.17, 15) is 4.79 Å². The molecule has 0 aliphatic carbocycles. The standard InChI is InChI=1S/C19H20N4O2/c1-13-10-15(6-7-20-13)17-12-22(8-9-25-17)19(24)16-11-23-14(2)4-3-5-18(23)21-16/h3-7,10-11,17H,8-9,12H2,1-2H3/t17-/m1/s1. The molecule has 0 saturated carbocycles. The van der Waals surface area contributed by atoms with E-state index in [1.165, 1.54) is 0 Å². The summed E-state index contributed by atoms with van der Waals surface area (Å²) in [5, 5.41) is 0. The van der Waals surface area contributed by atoms with E-state index in [4.69, 9.17) is 4.74 Å². The van der Waals surface area contributed by atoms with Gasteiger partial charge in [0.15, 0.2) is 0 Å². The Hall–Kier alpha value is -2.73. The van der Waals surface area contributed by atoms with Crippen molar-refractivity contribution in [2.24, 2.45) is 0 Å². The van der Waals surface area contributed by atoms with Gasteiger partial charge >= 0.3 is 0 Å². The van der Waals surface area contributed by atoms with Gasteiger partial charge in [-0.3, -0.25) is 9.78 Å². The Morgan fingerprint density at radius 2 is 2.16 bits per heavy atom. The first-order chi connectivity index (χ1) is 12.1. The number of morpholine rings is 1. The highest BCUT2D eigenvalue weighted by atomic mass is 16.5. The molecule has 6 heteroatoms. The zero-order valence-electron chi connectivity index (χ0n) is 14.3. The van der Waals surface area contributed by atoms with Crippen LogP contribution in [0, 0.1) is 13.8 Å². The van der Waals surface area contributed by atoms with Crippen LogP contribution in [-0.4, -0.2) is 44.9 Å². The molecule has 1 saturated heterocycles. The van der Waals surface area contributed by atoms with Crippen LogP contribution in [-0.2, 0) is 4.74 Å². The van der Waals surface area contributed by atoms with Crippen LogP contribution in [0.5, 0.6) is 0 Å². The Bertz CT molecular complexity index is 934. The summed E-state index contributed by atoms with van der Waals surface area (Å²) >= 11 is 0. The monoisotopic (exact) mass is 336 g/mol. The number of hydrogen-bond donors (Lipinski definition) is 0. The summed E-state index contributed by atoms with van der Waals surface area (Å²) in [5.74, 6) is -0.0535. The van der Waals surface area contributed by atoms with Crippen LogP contribution in [0.3, 0.4) is 0 Å². The second-order valence-corrected chi connectivity index (χ2v) is 6.36. The molecule has 25 heavy (non-hydrogen) atoms. The number of hydrogen-bond acceptors (Lipinski definition) is 4. The molecule has 0 unspecified atom stereocenters. The number of imidazole rings is 1. The van der Waals surface area contributed by atoms with Gasteiger partial charge in [-0.05, 0) is 43.7 Å². The van der Waals surface area contributed by atoms with Crippen LogP contribution in [0.25, 0.3) is 5.65 Å². The largest absolute Gasteiger partial charge is 0.370 e. The molecule has 1 atom stereocenters. The Labute approximate surface area is 146 Å². The van der Waals surface area contributed by atoms with E-state index in [0.717, 1.165) is 22.6 Å². The van der Waals surface area contributed by atoms with Crippen molar-refractivity contribution in [3.8, 4) is 0 Å². The van der Waals surface area contributed by atoms with E-state index >= 15 is 0 Å². The smallest absolute Gasteiger partial charge is 0.274 e. The third-order valence-electron chi connectivity index (χ3n) is 4.56. The summed E-state index contributed by atoms with van der Waals surface area (Å²) in [4.78, 5) is 23.4. The van der Waals surface area contributed by atoms with Gasteiger partial charge in [0.05, 0.1) is 13.2 Å². The molecular formula is C19H20N4O2. The molecule has 0 spiro atoms. The maximum atomic E-state index is 12.9. The molecule has 3 aromatic rings. The molecule has 1 aliphatic heterocycles. The average Bonchev–Trinajstić information content (AvgIpc) is 3.07. The highest BCUT2D eigenvalue weighted by molar-refractivity contribution is 5.93. The Morgan fingerprint density at radius 1 is 1.28 bits per heavy atom. The van der Waals surface area contributed by atoms with Crippen LogP contribution < -0.4 is 0 Å². The third-order valence-corrected chi connectivity index (χ3v) is 4.56. The van der Waals surface area contributed by atoms with Crippen LogP contribution in [0.2, 0.25) is 0 Å². The number of fused-ring (bicyclic) bond motifs is 1. The molecule has 1 aliphatic rings. The third kappa shape index (κ3) is 3.00. The van der Waals surface area contributed by atoms with Gasteiger partial charge in [0.25, 0.3) is 5.91 Å². The van der Waals surface area contributed by atoms with Gasteiger partial charge in [-0.2, -0.15) is 0 Å². The molecule has 1 fully saturated rings. The maximum absolute atomic E-state index is 12.9. The first-order valence-corrected chi connectivity index (χ1v) is 8.40. The van der Waals surface area contributed by atoms with Crippen LogP contribution >= 0.6 is 0 Å². The maximum Gasteiger partial charge on any atom is 0.274 e. The molecule has 3 aromatic heterocycles. The van der Waals surface area contributed by atoms with Gasteiger partial charge in [0.2, 0.25) is 0 Å². The second-order valence-electron chi connectivity index (χ2n) is 6.36. The normalized spacial score (nSPS) is 17.8. The summed E-state index contributed by atoms with van der Waals surface area (Å²) in [6, 6.07) is 9.81. The quantitative estimate of drug-likeness (QED) is 0.722. The van der Waals surface area contributed by atoms with E-state index in [1.807, 2.05) is 59.7 Å². The van der Waals surface area contributed by atoms with Crippen molar-refractivity contribution in [2.45, 2.75) is 20.0 Å². The van der Waals surface area contributed by atoms with Gasteiger partial charge in [0.1, 0.15) is 17.4 Å². The molecule has 0 radical (unpaired) electrons. The Balaban J connectivity index is 1.57. The highest BCUT2D eigenvalue weighted by Gasteiger charge is 2.27. The lowest BCUT2D eigenvalue weighted by Gasteiger charge is -2.32. The second kappa shape index (κ2) is 6.29. The summed E-state index contributed by atoms with van der Waals surface area (Å²) in [6.07, 6.45) is 3.46. The SMILES string of the molecule is Cc1cc([C@H]2CN(C(=O)c3cn4c(C)cccc4n3)CCO2)ccn1. The topological polar surface area (TPSA) is 59.7 Å². The lowest BCUT2D eigenvalue weighted by Crippen LogP contribution is -2.42. The van der Waals surface area contributed by atoms with E-state index in [0.29, 0.717) is 25.4 Å². The van der Waals surface area contributed by atoms with Crippen molar-refractivity contribution in [3.05, 3.63) is 65.4 Å². The number of carbonyl (C=O) groups is 1. The summed E-state index contributed by atoms with van der Waals surface area (Å²) in [7, 11) is 0. The predicted octanol–water partition coefficient (Wildman–Crippen LogP) is 2.56. The summed E-state index contributed by atoms with van der Waals surface area (Å²) in [6.45, 7) is 5.57. The van der Waals surface area contributed by atoms with Gasteiger partial charge in [0, 0.05) is 30.3 Å². The molecule has 4 rings (SSSR count). The molecule has 0 aromatic carbocycles. The molecule has 6 nitrogen and oxygen atoms in total. The zero-order valence-corrected chi connectivity index (χ0v) is 14.3. The fraction of sp³-hybridized carbons (Fsp3) is 0.316. The van der Waals surface area contributed by atoms with Crippen molar-refractivity contribution < 1.29 is 9.53 Å². The predicted molar refractivity (Wildman–Crippen MR) is 93.5 cm³/mol. The average molecular weight is 336 g/mol. The van der Waals surface area contributed by atoms with Crippen LogP contribution in [0.15, 0.2) is 42.7 Å². The summed E-state index contributed by atoms with van der Waals surface area (Å²) in [5.41, 5.74) is 4.31. The number of nitrogens with zero attached hydrogens (tertiary/aromatic N) is 4. The molecule has 4 heterocycles. The van der Waals surface area contributed by atoms with Crippen molar-refractivity contribution in [1.29, 1.82) is 0 Å². The zero-order chi connectivity index (χ0) is 17.4. The minimum Gasteiger partial charge on any atom is -0.370 e. The van der Waals surface area contributed by atoms with E-state index < -0.39 is 0 Å². The minimum atomic E-state index is -0.127. The van der Waals surface area contributed by atoms with Crippen molar-refractivity contribution in [1.82, 2.24) is 19.3 Å². The lowest BCUT2D eigenvalue weighted by molar-refractivity contribution is -0.0230. The molecule has 1 amide bonds. The fourth-order valence-electron chi connectivity index (χ4n) is 3.22. The number of aromatic nitrogens is 3. The number of aryl methyl sites for hydroxylation is 2. The number of amides is 1. The number of pyridine rings is 2. The van der Waals surface area contributed by atoms with Gasteiger partial charge in [-0.15, -0.1) is 0 Å². The van der Waals surface area contributed by atoms with Crippen molar-refractivity contribution in [3.63, 3.8) is 0 Å². The highest BCUT2D eigenvalue weighted by Crippen LogP contribution is 2.23. The van der Waals surface area contributed by atoms with Crippen molar-refractivity contribution >= 4 is 11.6 Å². The number of ether oxygens (including phenoxy) is 1. The van der Waals surface area contributed by atoms with Gasteiger partial charge in [-0.1, -0.05) is 6.07 Å². The molecule has 0 N–H and O–H groups in total. The van der Waals surface area contributed by atoms with Crippen LogP contribution in [0.1, 0.15) is 33.5 Å². The molecule has 0 bridgehead atoms. The molecular weight excluding hydrogens is 316 g/mol. The van der Waals surface area contributed by atoms with Gasteiger partial charge in [-0.25, -0.2) is 4.98 Å². The fourth-order valence-corrected chi connectivity index (χ4v) is 3.22. The Morgan fingerprint density at radius 3 is 2.96 bits per heavy atom. The van der Waals surface area contributed by atoms with Crippen LogP contribution in [0.4, 0.5) is 0 Å². The lowest BCUT2D eigenvalue weighted by atomic mass is 10.1. The first-order valence-electron chi connectivity index (χ1n) is 8.40. The van der Waals surface area contributed by atoms with E-state index in [-0.39, 0.29) is 12.0 Å². The minimum absolute atomic E-state index is 0.0535. The molecule has 128 valence electrons. The van der Waals surface area contributed by atoms with E-state index in [1.54, 1.807) is 6.20 Å². The summed E-state index contributed by atoms with van der Waals surface area (Å²) < 4.78 is 7.81. The number of rotatable bonds is 2. The first kappa shape index (κ1) is 15.8. The van der Waals surface area contributed by atoms with Gasteiger partial charge < -0.3 is 14.0 Å².